The van der Waals surface area contributed by atoms with Crippen LogP contribution in [0.1, 0.15) is 71.8 Å². The highest BCUT2D eigenvalue weighted by Crippen LogP contribution is 2.20. The summed E-state index contributed by atoms with van der Waals surface area (Å²) >= 11 is 2.05. The van der Waals surface area contributed by atoms with Crippen molar-refractivity contribution in [1.29, 1.82) is 0 Å². The summed E-state index contributed by atoms with van der Waals surface area (Å²) in [4.78, 5) is 0. The molecule has 0 saturated carbocycles. The highest BCUT2D eigenvalue weighted by atomic mass is 127. The van der Waals surface area contributed by atoms with Crippen LogP contribution in [0.2, 0.25) is 0 Å². The van der Waals surface area contributed by atoms with Gasteiger partial charge in [-0.25, -0.2) is 8.42 Å². The molecule has 0 amide bonds. The Kier molecular flexibility index (Phi) is 11.4. The van der Waals surface area contributed by atoms with Gasteiger partial charge in [-0.05, 0) is 29.5 Å². The lowest BCUT2D eigenvalue weighted by Crippen LogP contribution is -3.34. The predicted molar refractivity (Wildman–Crippen MR) is 93.2 cm³/mol. The quantitative estimate of drug-likeness (QED) is 0.355. The van der Waals surface area contributed by atoms with Gasteiger partial charge in [0.05, 0.1) is 10.1 Å². The summed E-state index contributed by atoms with van der Waals surface area (Å²) in [5.41, 5.74) is 1.69. The van der Waals surface area contributed by atoms with Crippen LogP contribution >= 0.6 is 0 Å². The molecule has 0 bridgehead atoms. The lowest BCUT2D eigenvalue weighted by atomic mass is 9.87. The van der Waals surface area contributed by atoms with Crippen LogP contribution in [0.5, 0.6) is 0 Å². The van der Waals surface area contributed by atoms with Gasteiger partial charge in [0.15, 0.2) is 3.57 Å². The molecule has 0 N–H and O–H groups in total. The van der Waals surface area contributed by atoms with E-state index in [1.54, 1.807) is 0 Å². The summed E-state index contributed by atoms with van der Waals surface area (Å²) in [5, 5.41) is 0. The minimum absolute atomic E-state index is 0.195. The summed E-state index contributed by atoms with van der Waals surface area (Å²) in [7, 11) is -3.97. The third-order valence-electron chi connectivity index (χ3n) is 3.47. The molecule has 1 rings (SSSR count). The summed E-state index contributed by atoms with van der Waals surface area (Å²) in [6.45, 7) is 8.83. The maximum Gasteiger partial charge on any atom is 0.296 e. The van der Waals surface area contributed by atoms with Crippen LogP contribution in [0.3, 0.4) is 0 Å². The third-order valence-corrected chi connectivity index (χ3v) is 5.03. The lowest BCUT2D eigenvalue weighted by molar-refractivity contribution is -0.328. The van der Waals surface area contributed by atoms with Gasteiger partial charge in [0.25, 0.3) is 22.6 Å². The van der Waals surface area contributed by atoms with E-state index in [0.29, 0.717) is 6.42 Å². The maximum atomic E-state index is 10.2. The first-order valence-electron chi connectivity index (χ1n) is 8.27. The zero-order valence-corrected chi connectivity index (χ0v) is 17.9. The molecule has 5 heteroatoms. The summed E-state index contributed by atoms with van der Waals surface area (Å²) in [5.74, 6) is -0.195. The molecule has 23 heavy (non-hydrogen) atoms. The number of benzene rings is 1. The van der Waals surface area contributed by atoms with E-state index in [1.165, 1.54) is 22.0 Å². The van der Waals surface area contributed by atoms with Crippen molar-refractivity contribution in [3.8, 4) is 0 Å². The van der Waals surface area contributed by atoms with E-state index in [2.05, 4.69) is 52.0 Å². The van der Waals surface area contributed by atoms with Gasteiger partial charge in [-0.3, -0.25) is 0 Å². The fourth-order valence-electron chi connectivity index (χ4n) is 2.01. The van der Waals surface area contributed by atoms with Gasteiger partial charge in [-0.1, -0.05) is 71.9 Å². The zero-order chi connectivity index (χ0) is 17.9. The average Bonchev–Trinajstić information content (AvgIpc) is 2.42. The zero-order valence-electron chi connectivity index (χ0n) is 14.8. The number of rotatable bonds is 7. The molecule has 1 aromatic rings. The van der Waals surface area contributed by atoms with Gasteiger partial charge in [-0.15, -0.1) is 0 Å². The Morgan fingerprint density at radius 2 is 1.43 bits per heavy atom. The second kappa shape index (κ2) is 11.4. The Morgan fingerprint density at radius 3 is 1.87 bits per heavy atom. The normalized spacial score (nSPS) is 11.7. The van der Waals surface area contributed by atoms with E-state index in [-0.39, 0.29) is 11.2 Å². The van der Waals surface area contributed by atoms with Crippen LogP contribution in [0.15, 0.2) is 24.3 Å². The number of hydrogen-bond acceptors (Lipinski definition) is 3. The van der Waals surface area contributed by atoms with E-state index < -0.39 is 10.1 Å². The average molecular weight is 454 g/mol. The van der Waals surface area contributed by atoms with Crippen molar-refractivity contribution >= 4 is 10.1 Å². The molecule has 0 radical (unpaired) electrons. The predicted octanol–water partition coefficient (Wildman–Crippen LogP) is 1.33. The standard InChI is InChI=1S/C10H14I.C8H18O3S/c1-10(2,3)8-4-6-9(11)7-5-8;1-2-3-4-5-6-7-8-12(9,10)11/h4-7,11H,1-3H3;2-8H2,1H3,(H,9,10,11)/q+1;/p-1. The van der Waals surface area contributed by atoms with E-state index in [0.717, 1.165) is 19.3 Å². The molecule has 0 atom stereocenters. The van der Waals surface area contributed by atoms with E-state index in [1.807, 2.05) is 22.6 Å². The minimum atomic E-state index is -3.97. The number of unbranched alkanes of at least 4 members (excludes halogenated alkanes) is 5. The Labute approximate surface area is 156 Å². The van der Waals surface area contributed by atoms with Gasteiger partial charge < -0.3 is 4.55 Å². The minimum Gasteiger partial charge on any atom is -0.748 e. The van der Waals surface area contributed by atoms with Crippen LogP contribution in [0.4, 0.5) is 0 Å². The number of halogens is 1. The van der Waals surface area contributed by atoms with Crippen LogP contribution in [-0.2, 0) is 15.5 Å². The highest BCUT2D eigenvalue weighted by molar-refractivity contribution is 7.85. The van der Waals surface area contributed by atoms with Crippen molar-refractivity contribution in [2.45, 2.75) is 71.6 Å². The van der Waals surface area contributed by atoms with Gasteiger partial charge in [0, 0.05) is 5.75 Å². The summed E-state index contributed by atoms with van der Waals surface area (Å²) < 4.78 is 31.8. The maximum absolute atomic E-state index is 10.2. The third kappa shape index (κ3) is 14.0. The molecule has 3 nitrogen and oxygen atoms in total. The van der Waals surface area contributed by atoms with Gasteiger partial charge in [-0.2, -0.15) is 0 Å². The van der Waals surface area contributed by atoms with Crippen molar-refractivity contribution in [3.63, 3.8) is 0 Å². The first kappa shape index (κ1) is 22.9. The molecule has 0 fully saturated rings. The van der Waals surface area contributed by atoms with Crippen molar-refractivity contribution < 1.29 is 35.6 Å². The molecular formula is C18H31IO3S. The highest BCUT2D eigenvalue weighted by Gasteiger charge is 2.12. The molecule has 0 heterocycles. The lowest BCUT2D eigenvalue weighted by Gasteiger charge is -2.17. The van der Waals surface area contributed by atoms with Crippen molar-refractivity contribution in [2.24, 2.45) is 0 Å². The monoisotopic (exact) mass is 454 g/mol. The molecule has 134 valence electrons. The summed E-state index contributed by atoms with van der Waals surface area (Å²) in [6.07, 6.45) is 5.96. The molecular weight excluding hydrogens is 423 g/mol. The first-order valence-corrected chi connectivity index (χ1v) is 11.0. The smallest absolute Gasteiger partial charge is 0.296 e. The molecule has 0 aliphatic carbocycles. The Morgan fingerprint density at radius 1 is 0.957 bits per heavy atom. The van der Waals surface area contributed by atoms with Gasteiger partial charge in [0.1, 0.15) is 0 Å². The fourth-order valence-corrected chi connectivity index (χ4v) is 2.96. The van der Waals surface area contributed by atoms with Crippen molar-refractivity contribution in [3.05, 3.63) is 33.4 Å². The van der Waals surface area contributed by atoms with Gasteiger partial charge in [0.2, 0.25) is 0 Å². The topological polar surface area (TPSA) is 57.2 Å². The second-order valence-electron chi connectivity index (χ2n) is 6.80. The molecule has 0 spiro atoms. The van der Waals surface area contributed by atoms with E-state index >= 15 is 0 Å². The molecule has 0 aliphatic rings. The molecule has 0 aliphatic heterocycles. The SMILES string of the molecule is CC(C)(C)c1ccc([IH+])cc1.CCCCCCCCS(=O)(=O)[O-]. The number of hydrogen-bond donors (Lipinski definition) is 0. The molecule has 0 unspecified atom stereocenters. The molecule has 1 aromatic carbocycles. The molecule has 0 aromatic heterocycles. The largest absolute Gasteiger partial charge is 0.748 e. The van der Waals surface area contributed by atoms with E-state index in [9.17, 15) is 13.0 Å². The Balaban J connectivity index is 0.000000422. The first-order chi connectivity index (χ1) is 10.6. The van der Waals surface area contributed by atoms with Crippen LogP contribution < -0.4 is 22.6 Å². The second-order valence-corrected chi connectivity index (χ2v) is 9.67. The van der Waals surface area contributed by atoms with Crippen LogP contribution in [0.25, 0.3) is 0 Å². The van der Waals surface area contributed by atoms with Gasteiger partial charge >= 0.3 is 0 Å². The summed E-state index contributed by atoms with van der Waals surface area (Å²) in [6, 6.07) is 8.76. The molecule has 0 saturated heterocycles. The van der Waals surface area contributed by atoms with Crippen LogP contribution in [0, 0.1) is 3.57 Å². The Bertz CT molecular complexity index is 516. The van der Waals surface area contributed by atoms with Crippen molar-refractivity contribution in [2.75, 3.05) is 5.75 Å². The fraction of sp³-hybridized carbons (Fsp3) is 0.667. The van der Waals surface area contributed by atoms with E-state index in [4.69, 9.17) is 0 Å². The van der Waals surface area contributed by atoms with Crippen LogP contribution in [-0.4, -0.2) is 18.7 Å². The van der Waals surface area contributed by atoms with Crippen molar-refractivity contribution in [1.82, 2.24) is 0 Å². The Hall–Kier alpha value is -0.140.